The second kappa shape index (κ2) is 6.91. The zero-order valence-corrected chi connectivity index (χ0v) is 13.2. The van der Waals surface area contributed by atoms with Crippen LogP contribution in [-0.2, 0) is 19.4 Å². The summed E-state index contributed by atoms with van der Waals surface area (Å²) >= 11 is 5.91. The highest BCUT2D eigenvalue weighted by atomic mass is 35.5. The SMILES string of the molecule is CC(CC(=O)O)CC(=O)Nc1cc(S(C)(=O)=O)ccc1Cl. The highest BCUT2D eigenvalue weighted by molar-refractivity contribution is 7.90. The molecule has 1 atom stereocenters. The average Bonchev–Trinajstić information content (AvgIpc) is 2.28. The van der Waals surface area contributed by atoms with Gasteiger partial charge < -0.3 is 10.4 Å². The van der Waals surface area contributed by atoms with Crippen LogP contribution in [0.15, 0.2) is 23.1 Å². The van der Waals surface area contributed by atoms with Gasteiger partial charge in [0.15, 0.2) is 9.84 Å². The van der Waals surface area contributed by atoms with Crippen molar-refractivity contribution in [2.24, 2.45) is 5.92 Å². The number of hydrogen-bond acceptors (Lipinski definition) is 4. The molecule has 0 aliphatic heterocycles. The molecule has 0 saturated carbocycles. The number of sulfone groups is 1. The summed E-state index contributed by atoms with van der Waals surface area (Å²) in [6, 6.07) is 4.01. The first-order valence-corrected chi connectivity index (χ1v) is 8.37. The van der Waals surface area contributed by atoms with Crippen molar-refractivity contribution in [1.29, 1.82) is 0 Å². The molecule has 1 amide bonds. The molecule has 0 fully saturated rings. The maximum atomic E-state index is 11.8. The third-order valence-electron chi connectivity index (χ3n) is 2.70. The number of amides is 1. The third-order valence-corrected chi connectivity index (χ3v) is 4.14. The van der Waals surface area contributed by atoms with Gasteiger partial charge in [-0.3, -0.25) is 9.59 Å². The minimum absolute atomic E-state index is 0.00569. The molecule has 6 nitrogen and oxygen atoms in total. The Kier molecular flexibility index (Phi) is 5.74. The number of carbonyl (C=O) groups excluding carboxylic acids is 1. The molecule has 0 heterocycles. The summed E-state index contributed by atoms with van der Waals surface area (Å²) < 4.78 is 22.9. The van der Waals surface area contributed by atoms with Crippen LogP contribution >= 0.6 is 11.6 Å². The van der Waals surface area contributed by atoms with E-state index in [2.05, 4.69) is 5.32 Å². The van der Waals surface area contributed by atoms with Crippen LogP contribution in [0.5, 0.6) is 0 Å². The summed E-state index contributed by atoms with van der Waals surface area (Å²) in [5.41, 5.74) is 0.187. The molecule has 0 aliphatic rings. The van der Waals surface area contributed by atoms with Crippen molar-refractivity contribution in [2.45, 2.75) is 24.7 Å². The molecule has 21 heavy (non-hydrogen) atoms. The molecular formula is C13H16ClNO5S. The van der Waals surface area contributed by atoms with Gasteiger partial charge in [0.1, 0.15) is 0 Å². The Hall–Kier alpha value is -1.60. The van der Waals surface area contributed by atoms with E-state index < -0.39 is 21.7 Å². The van der Waals surface area contributed by atoms with Gasteiger partial charge in [-0.25, -0.2) is 8.42 Å². The molecule has 0 saturated heterocycles. The Balaban J connectivity index is 2.83. The van der Waals surface area contributed by atoms with Crippen LogP contribution in [-0.4, -0.2) is 31.7 Å². The Morgan fingerprint density at radius 3 is 2.48 bits per heavy atom. The van der Waals surface area contributed by atoms with E-state index in [1.165, 1.54) is 18.2 Å². The van der Waals surface area contributed by atoms with Crippen LogP contribution in [0.2, 0.25) is 5.02 Å². The number of anilines is 1. The lowest BCUT2D eigenvalue weighted by Crippen LogP contribution is -2.17. The Bertz CT molecular complexity index is 657. The molecule has 1 aromatic carbocycles. The lowest BCUT2D eigenvalue weighted by molar-refractivity contribution is -0.138. The van der Waals surface area contributed by atoms with Crippen molar-refractivity contribution >= 4 is 39.0 Å². The zero-order valence-electron chi connectivity index (χ0n) is 11.6. The fourth-order valence-electron chi connectivity index (χ4n) is 1.72. The summed E-state index contributed by atoms with van der Waals surface area (Å²) in [5.74, 6) is -1.73. The minimum atomic E-state index is -3.40. The number of aliphatic carboxylic acids is 1. The second-order valence-corrected chi connectivity index (χ2v) is 7.29. The average molecular weight is 334 g/mol. The standard InChI is InChI=1S/C13H16ClNO5S/c1-8(6-13(17)18)5-12(16)15-11-7-9(21(2,19)20)3-4-10(11)14/h3-4,7-8H,5-6H2,1-2H3,(H,15,16)(H,17,18). The first-order valence-electron chi connectivity index (χ1n) is 6.11. The normalized spacial score (nSPS) is 12.7. The van der Waals surface area contributed by atoms with E-state index in [1.807, 2.05) is 0 Å². The van der Waals surface area contributed by atoms with Gasteiger partial charge in [0.25, 0.3) is 0 Å². The third kappa shape index (κ3) is 5.73. The molecule has 1 rings (SSSR count). The number of carboxylic acids is 1. The summed E-state index contributed by atoms with van der Waals surface area (Å²) in [6.45, 7) is 1.64. The Labute approximate surface area is 128 Å². The number of halogens is 1. The van der Waals surface area contributed by atoms with Gasteiger partial charge in [-0.2, -0.15) is 0 Å². The largest absolute Gasteiger partial charge is 0.481 e. The summed E-state index contributed by atoms with van der Waals surface area (Å²) in [4.78, 5) is 22.4. The number of benzene rings is 1. The van der Waals surface area contributed by atoms with E-state index in [-0.39, 0.29) is 34.4 Å². The molecule has 2 N–H and O–H groups in total. The lowest BCUT2D eigenvalue weighted by atomic mass is 10.0. The Morgan fingerprint density at radius 1 is 1.33 bits per heavy atom. The van der Waals surface area contributed by atoms with E-state index in [0.717, 1.165) is 6.26 Å². The highest BCUT2D eigenvalue weighted by Gasteiger charge is 2.15. The summed E-state index contributed by atoms with van der Waals surface area (Å²) in [5, 5.41) is 11.3. The first-order chi connectivity index (χ1) is 9.59. The van der Waals surface area contributed by atoms with Crippen LogP contribution in [0.3, 0.4) is 0 Å². The smallest absolute Gasteiger partial charge is 0.303 e. The summed E-state index contributed by atoms with van der Waals surface area (Å²) in [6.07, 6.45) is 0.938. The van der Waals surface area contributed by atoms with Crippen LogP contribution in [0.1, 0.15) is 19.8 Å². The van der Waals surface area contributed by atoms with Crippen molar-refractivity contribution in [3.63, 3.8) is 0 Å². The van der Waals surface area contributed by atoms with Crippen molar-refractivity contribution in [3.8, 4) is 0 Å². The topological polar surface area (TPSA) is 101 Å². The number of hydrogen-bond donors (Lipinski definition) is 2. The van der Waals surface area contributed by atoms with Gasteiger partial charge in [-0.05, 0) is 24.1 Å². The summed E-state index contributed by atoms with van der Waals surface area (Å²) in [7, 11) is -3.40. The maximum absolute atomic E-state index is 11.8. The van der Waals surface area contributed by atoms with Crippen molar-refractivity contribution in [1.82, 2.24) is 0 Å². The molecule has 116 valence electrons. The fourth-order valence-corrected chi connectivity index (χ4v) is 2.53. The second-order valence-electron chi connectivity index (χ2n) is 4.87. The van der Waals surface area contributed by atoms with Gasteiger partial charge in [0.2, 0.25) is 5.91 Å². The predicted molar refractivity (Wildman–Crippen MR) is 79.2 cm³/mol. The molecule has 0 bridgehead atoms. The van der Waals surface area contributed by atoms with Crippen LogP contribution in [0.4, 0.5) is 5.69 Å². The van der Waals surface area contributed by atoms with Gasteiger partial charge in [-0.1, -0.05) is 18.5 Å². The molecule has 8 heteroatoms. The quantitative estimate of drug-likeness (QED) is 0.831. The number of nitrogens with one attached hydrogen (secondary N) is 1. The number of rotatable bonds is 6. The van der Waals surface area contributed by atoms with Gasteiger partial charge in [-0.15, -0.1) is 0 Å². The molecule has 0 aliphatic carbocycles. The first kappa shape index (κ1) is 17.5. The highest BCUT2D eigenvalue weighted by Crippen LogP contribution is 2.25. The van der Waals surface area contributed by atoms with Gasteiger partial charge >= 0.3 is 5.97 Å². The van der Waals surface area contributed by atoms with Crippen LogP contribution < -0.4 is 5.32 Å². The lowest BCUT2D eigenvalue weighted by Gasteiger charge is -2.11. The molecule has 1 unspecified atom stereocenters. The molecule has 0 spiro atoms. The van der Waals surface area contributed by atoms with Crippen LogP contribution in [0.25, 0.3) is 0 Å². The van der Waals surface area contributed by atoms with Gasteiger partial charge in [0, 0.05) is 19.1 Å². The van der Waals surface area contributed by atoms with Crippen molar-refractivity contribution in [2.75, 3.05) is 11.6 Å². The minimum Gasteiger partial charge on any atom is -0.481 e. The predicted octanol–water partition coefficient (Wildman–Crippen LogP) is 2.18. The van der Waals surface area contributed by atoms with E-state index in [4.69, 9.17) is 16.7 Å². The molecule has 0 radical (unpaired) electrons. The molecule has 1 aromatic rings. The van der Waals surface area contributed by atoms with Crippen molar-refractivity contribution in [3.05, 3.63) is 23.2 Å². The zero-order chi connectivity index (χ0) is 16.2. The van der Waals surface area contributed by atoms with E-state index in [9.17, 15) is 18.0 Å². The van der Waals surface area contributed by atoms with Gasteiger partial charge in [0.05, 0.1) is 15.6 Å². The van der Waals surface area contributed by atoms with E-state index in [1.54, 1.807) is 6.92 Å². The number of carbonyl (C=O) groups is 2. The maximum Gasteiger partial charge on any atom is 0.303 e. The monoisotopic (exact) mass is 333 g/mol. The van der Waals surface area contributed by atoms with E-state index >= 15 is 0 Å². The van der Waals surface area contributed by atoms with Crippen molar-refractivity contribution < 1.29 is 23.1 Å². The van der Waals surface area contributed by atoms with E-state index in [0.29, 0.717) is 0 Å². The van der Waals surface area contributed by atoms with Crippen LogP contribution in [0, 0.1) is 5.92 Å². The molecular weight excluding hydrogens is 318 g/mol. The Morgan fingerprint density at radius 2 is 1.95 bits per heavy atom. The fraction of sp³-hybridized carbons (Fsp3) is 0.385. The molecule has 0 aromatic heterocycles. The number of carboxylic acid groups (broad SMARTS) is 1.